The molecule has 1 rings (SSSR count). The van der Waals surface area contributed by atoms with Crippen LogP contribution in [-0.2, 0) is 0 Å². The Labute approximate surface area is 90.0 Å². The van der Waals surface area contributed by atoms with Crippen molar-refractivity contribution in [3.05, 3.63) is 18.0 Å². The van der Waals surface area contributed by atoms with Crippen molar-refractivity contribution < 1.29 is 5.11 Å². The van der Waals surface area contributed by atoms with Gasteiger partial charge >= 0.3 is 0 Å². The van der Waals surface area contributed by atoms with Crippen molar-refractivity contribution in [3.63, 3.8) is 0 Å². The molecule has 1 heterocycles. The Bertz CT molecular complexity index is 284. The molecule has 0 bridgehead atoms. The molecule has 0 aliphatic rings. The summed E-state index contributed by atoms with van der Waals surface area (Å²) in [4.78, 5) is 10.5. The third kappa shape index (κ3) is 2.87. The van der Waals surface area contributed by atoms with Crippen LogP contribution in [0.2, 0.25) is 0 Å². The zero-order chi connectivity index (χ0) is 11.3. The number of aromatic nitrogens is 2. The van der Waals surface area contributed by atoms with Gasteiger partial charge < -0.3 is 15.7 Å². The lowest BCUT2D eigenvalue weighted by atomic mass is 10.2. The largest absolute Gasteiger partial charge is 0.394 e. The molecule has 1 aromatic rings. The molecular weight excluding hydrogens is 192 g/mol. The second-order valence-electron chi connectivity index (χ2n) is 3.28. The van der Waals surface area contributed by atoms with E-state index in [0.29, 0.717) is 5.95 Å². The molecule has 1 aromatic heterocycles. The SMILES string of the molecule is CCN(CC)c1ncc(C(N)CO)cn1. The summed E-state index contributed by atoms with van der Waals surface area (Å²) < 4.78 is 0. The van der Waals surface area contributed by atoms with Gasteiger partial charge in [0.25, 0.3) is 0 Å². The molecule has 0 fully saturated rings. The van der Waals surface area contributed by atoms with Gasteiger partial charge in [0.15, 0.2) is 0 Å². The standard InChI is InChI=1S/C10H18N4O/c1-3-14(4-2)10-12-5-8(6-13-10)9(11)7-15/h5-6,9,15H,3-4,7,11H2,1-2H3. The summed E-state index contributed by atoms with van der Waals surface area (Å²) in [5, 5.41) is 8.87. The van der Waals surface area contributed by atoms with Crippen molar-refractivity contribution >= 4 is 5.95 Å². The Balaban J connectivity index is 2.79. The van der Waals surface area contributed by atoms with Crippen LogP contribution in [0.3, 0.4) is 0 Å². The van der Waals surface area contributed by atoms with Crippen LogP contribution in [0.15, 0.2) is 12.4 Å². The Morgan fingerprint density at radius 2 is 1.87 bits per heavy atom. The molecule has 0 saturated carbocycles. The Morgan fingerprint density at radius 1 is 1.33 bits per heavy atom. The highest BCUT2D eigenvalue weighted by atomic mass is 16.3. The second kappa shape index (κ2) is 5.63. The molecule has 84 valence electrons. The summed E-state index contributed by atoms with van der Waals surface area (Å²) >= 11 is 0. The highest BCUT2D eigenvalue weighted by Crippen LogP contribution is 2.10. The fourth-order valence-corrected chi connectivity index (χ4v) is 1.30. The van der Waals surface area contributed by atoms with Crippen molar-refractivity contribution in [1.29, 1.82) is 0 Å². The maximum absolute atomic E-state index is 8.87. The monoisotopic (exact) mass is 210 g/mol. The third-order valence-corrected chi connectivity index (χ3v) is 2.33. The molecular formula is C10H18N4O. The number of aliphatic hydroxyl groups excluding tert-OH is 1. The number of nitrogens with two attached hydrogens (primary N) is 1. The minimum absolute atomic E-state index is 0.0893. The third-order valence-electron chi connectivity index (χ3n) is 2.33. The van der Waals surface area contributed by atoms with E-state index in [-0.39, 0.29) is 6.61 Å². The number of nitrogens with zero attached hydrogens (tertiary/aromatic N) is 3. The predicted molar refractivity (Wildman–Crippen MR) is 59.6 cm³/mol. The quantitative estimate of drug-likeness (QED) is 0.731. The minimum Gasteiger partial charge on any atom is -0.394 e. The van der Waals surface area contributed by atoms with E-state index in [9.17, 15) is 0 Å². The fraction of sp³-hybridized carbons (Fsp3) is 0.600. The maximum atomic E-state index is 8.87. The van der Waals surface area contributed by atoms with E-state index in [1.807, 2.05) is 4.90 Å². The molecule has 0 radical (unpaired) electrons. The summed E-state index contributed by atoms with van der Waals surface area (Å²) in [6, 6.07) is -0.393. The van der Waals surface area contributed by atoms with Crippen LogP contribution in [0.1, 0.15) is 25.5 Å². The average molecular weight is 210 g/mol. The number of hydrogen-bond acceptors (Lipinski definition) is 5. The molecule has 0 aromatic carbocycles. The van der Waals surface area contributed by atoms with Crippen LogP contribution in [0.4, 0.5) is 5.95 Å². The first-order chi connectivity index (χ1) is 7.22. The normalized spacial score (nSPS) is 12.5. The lowest BCUT2D eigenvalue weighted by molar-refractivity contribution is 0.267. The van der Waals surface area contributed by atoms with Crippen LogP contribution < -0.4 is 10.6 Å². The lowest BCUT2D eigenvalue weighted by Gasteiger charge is -2.18. The van der Waals surface area contributed by atoms with E-state index >= 15 is 0 Å². The van der Waals surface area contributed by atoms with Gasteiger partial charge in [0.1, 0.15) is 0 Å². The van der Waals surface area contributed by atoms with Crippen molar-refractivity contribution in [2.24, 2.45) is 5.73 Å². The first kappa shape index (κ1) is 11.9. The molecule has 15 heavy (non-hydrogen) atoms. The first-order valence-corrected chi connectivity index (χ1v) is 5.16. The Hall–Kier alpha value is -1.20. The van der Waals surface area contributed by atoms with E-state index in [1.54, 1.807) is 12.4 Å². The number of rotatable bonds is 5. The van der Waals surface area contributed by atoms with Gasteiger partial charge in [0.2, 0.25) is 5.95 Å². The molecule has 5 heteroatoms. The van der Waals surface area contributed by atoms with Gasteiger partial charge in [0.05, 0.1) is 12.6 Å². The molecule has 0 saturated heterocycles. The van der Waals surface area contributed by atoms with E-state index < -0.39 is 6.04 Å². The van der Waals surface area contributed by atoms with Crippen molar-refractivity contribution in [2.75, 3.05) is 24.6 Å². The lowest BCUT2D eigenvalue weighted by Crippen LogP contribution is -2.24. The van der Waals surface area contributed by atoms with E-state index in [4.69, 9.17) is 10.8 Å². The highest BCUT2D eigenvalue weighted by Gasteiger charge is 2.08. The summed E-state index contributed by atoms with van der Waals surface area (Å²) in [7, 11) is 0. The minimum atomic E-state index is -0.393. The summed E-state index contributed by atoms with van der Waals surface area (Å²) in [5.41, 5.74) is 6.40. The van der Waals surface area contributed by atoms with Crippen LogP contribution in [-0.4, -0.2) is 34.8 Å². The van der Waals surface area contributed by atoms with Gasteiger partial charge in [0, 0.05) is 31.0 Å². The second-order valence-corrected chi connectivity index (χ2v) is 3.28. The molecule has 1 unspecified atom stereocenters. The molecule has 0 amide bonds. The highest BCUT2D eigenvalue weighted by molar-refractivity contribution is 5.29. The van der Waals surface area contributed by atoms with Gasteiger partial charge in [-0.3, -0.25) is 0 Å². The van der Waals surface area contributed by atoms with Crippen molar-refractivity contribution in [2.45, 2.75) is 19.9 Å². The fourth-order valence-electron chi connectivity index (χ4n) is 1.30. The van der Waals surface area contributed by atoms with E-state index in [0.717, 1.165) is 18.7 Å². The van der Waals surface area contributed by atoms with Crippen LogP contribution >= 0.6 is 0 Å². The van der Waals surface area contributed by atoms with E-state index in [2.05, 4.69) is 23.8 Å². The Kier molecular flexibility index (Phi) is 4.45. The van der Waals surface area contributed by atoms with Gasteiger partial charge in [-0.05, 0) is 13.8 Å². The first-order valence-electron chi connectivity index (χ1n) is 5.16. The number of hydrogen-bond donors (Lipinski definition) is 2. The summed E-state index contributed by atoms with van der Waals surface area (Å²) in [6.07, 6.45) is 3.34. The molecule has 0 spiro atoms. The van der Waals surface area contributed by atoms with Crippen molar-refractivity contribution in [3.8, 4) is 0 Å². The molecule has 0 aliphatic heterocycles. The van der Waals surface area contributed by atoms with Gasteiger partial charge in [-0.1, -0.05) is 0 Å². The topological polar surface area (TPSA) is 75.3 Å². The number of anilines is 1. The van der Waals surface area contributed by atoms with Gasteiger partial charge in [-0.15, -0.1) is 0 Å². The zero-order valence-corrected chi connectivity index (χ0v) is 9.22. The molecule has 5 nitrogen and oxygen atoms in total. The molecule has 3 N–H and O–H groups in total. The van der Waals surface area contributed by atoms with E-state index in [1.165, 1.54) is 0 Å². The smallest absolute Gasteiger partial charge is 0.225 e. The zero-order valence-electron chi connectivity index (χ0n) is 9.22. The molecule has 0 aliphatic carbocycles. The summed E-state index contributed by atoms with van der Waals surface area (Å²) in [5.74, 6) is 0.703. The van der Waals surface area contributed by atoms with Gasteiger partial charge in [-0.2, -0.15) is 0 Å². The average Bonchev–Trinajstić information content (AvgIpc) is 2.30. The van der Waals surface area contributed by atoms with Crippen LogP contribution in [0.25, 0.3) is 0 Å². The predicted octanol–water partition coefficient (Wildman–Crippen LogP) is 0.315. The van der Waals surface area contributed by atoms with Crippen molar-refractivity contribution in [1.82, 2.24) is 9.97 Å². The molecule has 1 atom stereocenters. The van der Waals surface area contributed by atoms with Crippen LogP contribution in [0.5, 0.6) is 0 Å². The van der Waals surface area contributed by atoms with Gasteiger partial charge in [-0.25, -0.2) is 9.97 Å². The van der Waals surface area contributed by atoms with Crippen LogP contribution in [0, 0.1) is 0 Å². The summed E-state index contributed by atoms with van der Waals surface area (Å²) in [6.45, 7) is 5.78. The number of aliphatic hydroxyl groups is 1. The maximum Gasteiger partial charge on any atom is 0.225 e. The Morgan fingerprint density at radius 3 is 2.27 bits per heavy atom.